The molecule has 0 spiro atoms. The molecule has 0 radical (unpaired) electrons. The lowest BCUT2D eigenvalue weighted by molar-refractivity contribution is -0.394. The van der Waals surface area contributed by atoms with E-state index in [4.69, 9.17) is 9.47 Å². The van der Waals surface area contributed by atoms with Gasteiger partial charge < -0.3 is 9.47 Å². The largest absolute Gasteiger partial charge is 0.495 e. The van der Waals surface area contributed by atoms with E-state index in [1.165, 1.54) is 6.07 Å². The monoisotopic (exact) mass is 408 g/mol. The van der Waals surface area contributed by atoms with Crippen LogP contribution < -0.4 is 14.9 Å². The summed E-state index contributed by atoms with van der Waals surface area (Å²) in [6.07, 6.45) is 1.55. The number of hydrogen-bond acceptors (Lipinski definition) is 8. The van der Waals surface area contributed by atoms with Crippen LogP contribution in [0.25, 0.3) is 0 Å². The maximum absolute atomic E-state index is 11.2. The Balaban J connectivity index is 1.77. The van der Waals surface area contributed by atoms with Crippen molar-refractivity contribution in [2.75, 3.05) is 12.5 Å². The number of nitrogens with one attached hydrogen (secondary N) is 1. The molecular formula is C20H16N4O6. The fraction of sp³-hybridized carbons (Fsp3) is 0.0500. The number of nitro groups is 2. The van der Waals surface area contributed by atoms with E-state index in [1.807, 2.05) is 18.2 Å². The minimum atomic E-state index is -0.731. The zero-order valence-electron chi connectivity index (χ0n) is 15.7. The second-order valence-corrected chi connectivity index (χ2v) is 5.91. The van der Waals surface area contributed by atoms with Crippen LogP contribution in [0.3, 0.4) is 0 Å². The quantitative estimate of drug-likeness (QED) is 0.323. The van der Waals surface area contributed by atoms with Crippen LogP contribution in [-0.4, -0.2) is 23.2 Å². The van der Waals surface area contributed by atoms with Crippen molar-refractivity contribution in [2.24, 2.45) is 5.10 Å². The molecule has 0 aliphatic carbocycles. The summed E-state index contributed by atoms with van der Waals surface area (Å²) in [4.78, 5) is 20.7. The first-order valence-electron chi connectivity index (χ1n) is 8.61. The third-order valence-electron chi connectivity index (χ3n) is 3.94. The van der Waals surface area contributed by atoms with E-state index in [1.54, 1.807) is 43.7 Å². The number of nitrogens with zero attached hydrogens (tertiary/aromatic N) is 3. The molecule has 0 atom stereocenters. The molecule has 0 aliphatic heterocycles. The number of hydrazone groups is 1. The molecule has 152 valence electrons. The molecular weight excluding hydrogens is 392 g/mol. The van der Waals surface area contributed by atoms with Crippen LogP contribution in [0, 0.1) is 20.2 Å². The van der Waals surface area contributed by atoms with Gasteiger partial charge in [0.15, 0.2) is 0 Å². The predicted molar refractivity (Wildman–Crippen MR) is 110 cm³/mol. The molecule has 0 saturated heterocycles. The molecule has 30 heavy (non-hydrogen) atoms. The molecule has 1 N–H and O–H groups in total. The van der Waals surface area contributed by atoms with Gasteiger partial charge in [0.05, 0.1) is 34.9 Å². The number of para-hydroxylation sites is 2. The number of anilines is 1. The highest BCUT2D eigenvalue weighted by Crippen LogP contribution is 2.34. The van der Waals surface area contributed by atoms with E-state index >= 15 is 0 Å². The van der Waals surface area contributed by atoms with Crippen molar-refractivity contribution >= 4 is 23.3 Å². The summed E-state index contributed by atoms with van der Waals surface area (Å²) >= 11 is 0. The van der Waals surface area contributed by atoms with Crippen molar-refractivity contribution in [2.45, 2.75) is 0 Å². The third kappa shape index (κ3) is 4.87. The van der Waals surface area contributed by atoms with E-state index in [0.29, 0.717) is 22.7 Å². The molecule has 3 rings (SSSR count). The Morgan fingerprint density at radius 3 is 2.47 bits per heavy atom. The molecule has 0 amide bonds. The maximum atomic E-state index is 11.2. The van der Waals surface area contributed by atoms with Crippen molar-refractivity contribution in [3.8, 4) is 17.2 Å². The molecule has 10 heteroatoms. The van der Waals surface area contributed by atoms with Crippen molar-refractivity contribution in [1.82, 2.24) is 0 Å². The standard InChI is InChI=1S/C20H16N4O6/c1-29-19-8-3-2-7-17(19)22-21-13-14-5-4-6-16(11-14)30-20-10-9-15(23(25)26)12-18(20)24(27)28/h2-13,22H,1H3/b21-13-. The van der Waals surface area contributed by atoms with Crippen molar-refractivity contribution in [3.63, 3.8) is 0 Å². The summed E-state index contributed by atoms with van der Waals surface area (Å²) in [6.45, 7) is 0. The highest BCUT2D eigenvalue weighted by Gasteiger charge is 2.21. The van der Waals surface area contributed by atoms with Gasteiger partial charge in [-0.3, -0.25) is 25.7 Å². The molecule has 0 bridgehead atoms. The molecule has 0 aromatic heterocycles. The Kier molecular flexibility index (Phi) is 6.18. The predicted octanol–water partition coefficient (Wildman–Crippen LogP) is 4.75. The van der Waals surface area contributed by atoms with E-state index in [-0.39, 0.29) is 5.75 Å². The molecule has 3 aromatic carbocycles. The highest BCUT2D eigenvalue weighted by molar-refractivity contribution is 5.81. The van der Waals surface area contributed by atoms with Crippen LogP contribution >= 0.6 is 0 Å². The van der Waals surface area contributed by atoms with E-state index < -0.39 is 21.2 Å². The van der Waals surface area contributed by atoms with Gasteiger partial charge in [0, 0.05) is 6.07 Å². The average molecular weight is 408 g/mol. The summed E-state index contributed by atoms with van der Waals surface area (Å²) < 4.78 is 10.8. The number of ether oxygens (including phenoxy) is 2. The molecule has 0 saturated carbocycles. The third-order valence-corrected chi connectivity index (χ3v) is 3.94. The molecule has 0 fully saturated rings. The number of benzene rings is 3. The van der Waals surface area contributed by atoms with E-state index in [2.05, 4.69) is 10.5 Å². The number of hydrogen-bond donors (Lipinski definition) is 1. The molecule has 0 heterocycles. The maximum Gasteiger partial charge on any atom is 0.318 e. The number of nitro benzene ring substituents is 2. The summed E-state index contributed by atoms with van der Waals surface area (Å²) in [5.41, 5.74) is 3.33. The van der Waals surface area contributed by atoms with Crippen LogP contribution in [0.1, 0.15) is 5.56 Å². The fourth-order valence-corrected chi connectivity index (χ4v) is 2.55. The average Bonchev–Trinajstić information content (AvgIpc) is 2.74. The van der Waals surface area contributed by atoms with Gasteiger partial charge in [-0.05, 0) is 35.9 Å². The Labute approximate surface area is 170 Å². The molecule has 3 aromatic rings. The van der Waals surface area contributed by atoms with Crippen LogP contribution in [0.2, 0.25) is 0 Å². The SMILES string of the molecule is COc1ccccc1N/N=C\c1cccc(Oc2ccc([N+](=O)[O-])cc2[N+](=O)[O-])c1. The van der Waals surface area contributed by atoms with Crippen LogP contribution in [0.15, 0.2) is 71.8 Å². The Hall–Kier alpha value is -4.47. The summed E-state index contributed by atoms with van der Waals surface area (Å²) in [6, 6.07) is 17.2. The minimum Gasteiger partial charge on any atom is -0.495 e. The lowest BCUT2D eigenvalue weighted by Crippen LogP contribution is -1.97. The van der Waals surface area contributed by atoms with Gasteiger partial charge in [-0.25, -0.2) is 0 Å². The Morgan fingerprint density at radius 1 is 0.933 bits per heavy atom. The second-order valence-electron chi connectivity index (χ2n) is 5.91. The topological polar surface area (TPSA) is 129 Å². The first-order chi connectivity index (χ1) is 14.5. The smallest absolute Gasteiger partial charge is 0.318 e. The summed E-state index contributed by atoms with van der Waals surface area (Å²) in [5.74, 6) is 0.845. The van der Waals surface area contributed by atoms with Gasteiger partial charge >= 0.3 is 5.69 Å². The van der Waals surface area contributed by atoms with Crippen LogP contribution in [0.4, 0.5) is 17.1 Å². The van der Waals surface area contributed by atoms with E-state index in [0.717, 1.165) is 12.1 Å². The number of non-ortho nitro benzene ring substituents is 1. The first-order valence-corrected chi connectivity index (χ1v) is 8.61. The Bertz CT molecular complexity index is 1120. The van der Waals surface area contributed by atoms with Crippen LogP contribution in [0.5, 0.6) is 17.2 Å². The molecule has 0 aliphatic rings. The lowest BCUT2D eigenvalue weighted by atomic mass is 10.2. The van der Waals surface area contributed by atoms with Gasteiger partial charge in [-0.1, -0.05) is 24.3 Å². The number of methoxy groups -OCH3 is 1. The highest BCUT2D eigenvalue weighted by atomic mass is 16.6. The normalized spacial score (nSPS) is 10.6. The molecule has 0 unspecified atom stereocenters. The second kappa shape index (κ2) is 9.15. The van der Waals surface area contributed by atoms with Crippen molar-refractivity contribution < 1.29 is 19.3 Å². The van der Waals surface area contributed by atoms with Crippen LogP contribution in [-0.2, 0) is 0 Å². The van der Waals surface area contributed by atoms with Crippen molar-refractivity contribution in [3.05, 3.63) is 92.5 Å². The van der Waals surface area contributed by atoms with Crippen molar-refractivity contribution in [1.29, 1.82) is 0 Å². The zero-order valence-corrected chi connectivity index (χ0v) is 15.7. The van der Waals surface area contributed by atoms with Gasteiger partial charge in [0.25, 0.3) is 5.69 Å². The minimum absolute atomic E-state index is 0.105. The van der Waals surface area contributed by atoms with Gasteiger partial charge in [-0.2, -0.15) is 5.10 Å². The Morgan fingerprint density at radius 2 is 1.73 bits per heavy atom. The summed E-state index contributed by atoms with van der Waals surface area (Å²) in [5, 5.41) is 26.2. The fourth-order valence-electron chi connectivity index (χ4n) is 2.55. The molecule has 10 nitrogen and oxygen atoms in total. The van der Waals surface area contributed by atoms with Gasteiger partial charge in [0.2, 0.25) is 5.75 Å². The zero-order chi connectivity index (χ0) is 21.5. The summed E-state index contributed by atoms with van der Waals surface area (Å²) in [7, 11) is 1.56. The number of rotatable bonds is 8. The van der Waals surface area contributed by atoms with E-state index in [9.17, 15) is 20.2 Å². The lowest BCUT2D eigenvalue weighted by Gasteiger charge is -2.07. The first kappa shape index (κ1) is 20.3. The van der Waals surface area contributed by atoms with Gasteiger partial charge in [-0.15, -0.1) is 0 Å². The van der Waals surface area contributed by atoms with Gasteiger partial charge in [0.1, 0.15) is 11.5 Å².